The molecule has 1 aromatic heterocycles. The molecular weight excluding hydrogens is 421 g/mol. The van der Waals surface area contributed by atoms with Gasteiger partial charge in [-0.2, -0.15) is 13.2 Å². The number of aromatic nitrogens is 1. The molecule has 0 atom stereocenters. The van der Waals surface area contributed by atoms with Crippen molar-refractivity contribution in [3.63, 3.8) is 0 Å². The Morgan fingerprint density at radius 3 is 2.41 bits per heavy atom. The minimum absolute atomic E-state index is 0.334. The van der Waals surface area contributed by atoms with E-state index >= 15 is 0 Å². The van der Waals surface area contributed by atoms with Gasteiger partial charge in [0.1, 0.15) is 0 Å². The minimum Gasteiger partial charge on any atom is -0.321 e. The molecule has 3 rings (SSSR count). The first-order valence-electron chi connectivity index (χ1n) is 7.96. The van der Waals surface area contributed by atoms with E-state index in [-0.39, 0.29) is 5.91 Å². The highest BCUT2D eigenvalue weighted by atomic mass is 79.9. The van der Waals surface area contributed by atoms with Gasteiger partial charge in [0, 0.05) is 16.2 Å². The fourth-order valence-corrected chi connectivity index (χ4v) is 3.11. The van der Waals surface area contributed by atoms with Gasteiger partial charge >= 0.3 is 6.18 Å². The number of para-hydroxylation sites is 1. The van der Waals surface area contributed by atoms with Crippen LogP contribution >= 0.6 is 15.9 Å². The van der Waals surface area contributed by atoms with Crippen LogP contribution in [-0.4, -0.2) is 10.9 Å². The predicted octanol–water partition coefficient (Wildman–Crippen LogP) is 6.09. The van der Waals surface area contributed by atoms with Crippen molar-refractivity contribution in [1.82, 2.24) is 4.98 Å². The van der Waals surface area contributed by atoms with Crippen LogP contribution in [-0.2, 0) is 6.18 Å². The third-order valence-corrected chi connectivity index (χ3v) is 4.65. The van der Waals surface area contributed by atoms with E-state index in [4.69, 9.17) is 0 Å². The van der Waals surface area contributed by atoms with Crippen molar-refractivity contribution in [1.29, 1.82) is 0 Å². The van der Waals surface area contributed by atoms with Crippen LogP contribution < -0.4 is 5.32 Å². The molecule has 0 spiro atoms. The van der Waals surface area contributed by atoms with Crippen LogP contribution in [0.15, 0.2) is 65.3 Å². The number of alkyl halides is 3. The molecular formula is C20H14BrF3N2O. The Morgan fingerprint density at radius 2 is 1.74 bits per heavy atom. The maximum atomic E-state index is 12.9. The number of hydrogen-bond acceptors (Lipinski definition) is 2. The van der Waals surface area contributed by atoms with Crippen LogP contribution in [0.5, 0.6) is 0 Å². The van der Waals surface area contributed by atoms with Gasteiger partial charge in [-0.1, -0.05) is 30.3 Å². The van der Waals surface area contributed by atoms with E-state index in [0.717, 1.165) is 12.3 Å². The Kier molecular flexibility index (Phi) is 5.32. The highest BCUT2D eigenvalue weighted by Gasteiger charge is 2.31. The van der Waals surface area contributed by atoms with Gasteiger partial charge in [0.15, 0.2) is 0 Å². The van der Waals surface area contributed by atoms with Crippen LogP contribution in [0.2, 0.25) is 0 Å². The zero-order valence-corrected chi connectivity index (χ0v) is 15.7. The molecule has 0 unspecified atom stereocenters. The maximum Gasteiger partial charge on any atom is 0.417 e. The highest BCUT2D eigenvalue weighted by molar-refractivity contribution is 9.10. The van der Waals surface area contributed by atoms with Crippen molar-refractivity contribution < 1.29 is 18.0 Å². The Morgan fingerprint density at radius 1 is 1.07 bits per heavy atom. The number of nitrogens with one attached hydrogen (secondary N) is 1. The lowest BCUT2D eigenvalue weighted by Crippen LogP contribution is -2.13. The summed E-state index contributed by atoms with van der Waals surface area (Å²) in [6.45, 7) is 1.56. The van der Waals surface area contributed by atoms with Crippen molar-refractivity contribution in [2.75, 3.05) is 5.32 Å². The van der Waals surface area contributed by atoms with Crippen molar-refractivity contribution in [3.8, 4) is 11.3 Å². The topological polar surface area (TPSA) is 42.0 Å². The number of benzene rings is 2. The van der Waals surface area contributed by atoms with E-state index in [1.54, 1.807) is 55.5 Å². The standard InChI is InChI=1S/C20H14BrF3N2O/c1-12-10-13(20(22,23)24)11-25-18(12)15-7-3-5-9-17(15)26-19(27)14-6-2-4-8-16(14)21/h2-11H,1H3,(H,26,27). The van der Waals surface area contributed by atoms with E-state index in [1.165, 1.54) is 0 Å². The van der Waals surface area contributed by atoms with E-state index < -0.39 is 11.7 Å². The maximum absolute atomic E-state index is 12.9. The van der Waals surface area contributed by atoms with Crippen LogP contribution in [0.4, 0.5) is 18.9 Å². The van der Waals surface area contributed by atoms with E-state index in [1.807, 2.05) is 0 Å². The molecule has 138 valence electrons. The smallest absolute Gasteiger partial charge is 0.321 e. The molecule has 0 bridgehead atoms. The van der Waals surface area contributed by atoms with Gasteiger partial charge in [-0.05, 0) is 52.7 Å². The minimum atomic E-state index is -4.45. The molecule has 3 nitrogen and oxygen atoms in total. The van der Waals surface area contributed by atoms with Gasteiger partial charge in [0.2, 0.25) is 0 Å². The van der Waals surface area contributed by atoms with E-state index in [0.29, 0.717) is 32.5 Å². The second-order valence-corrected chi connectivity index (χ2v) is 6.72. The molecule has 0 radical (unpaired) electrons. The average molecular weight is 435 g/mol. The van der Waals surface area contributed by atoms with E-state index in [2.05, 4.69) is 26.2 Å². The number of rotatable bonds is 3. The predicted molar refractivity (Wildman–Crippen MR) is 102 cm³/mol. The molecule has 0 saturated heterocycles. The number of halogens is 4. The Balaban J connectivity index is 1.98. The van der Waals surface area contributed by atoms with Crippen molar-refractivity contribution in [2.24, 2.45) is 0 Å². The summed E-state index contributed by atoms with van der Waals surface area (Å²) in [5, 5.41) is 2.81. The zero-order chi connectivity index (χ0) is 19.6. The SMILES string of the molecule is Cc1cc(C(F)(F)F)cnc1-c1ccccc1NC(=O)c1ccccc1Br. The molecule has 0 aliphatic heterocycles. The van der Waals surface area contributed by atoms with Crippen molar-refractivity contribution in [3.05, 3.63) is 82.0 Å². The lowest BCUT2D eigenvalue weighted by atomic mass is 10.0. The van der Waals surface area contributed by atoms with E-state index in [9.17, 15) is 18.0 Å². The number of aryl methyl sites for hydroxylation is 1. The summed E-state index contributed by atoms with van der Waals surface area (Å²) in [7, 11) is 0. The average Bonchev–Trinajstić information content (AvgIpc) is 2.62. The molecule has 0 aliphatic rings. The van der Waals surface area contributed by atoms with Gasteiger partial charge in [0.25, 0.3) is 5.91 Å². The second kappa shape index (κ2) is 7.52. The van der Waals surface area contributed by atoms with Gasteiger partial charge in [-0.15, -0.1) is 0 Å². The molecule has 1 amide bonds. The van der Waals surface area contributed by atoms with Crippen molar-refractivity contribution in [2.45, 2.75) is 13.1 Å². The Bertz CT molecular complexity index is 1000. The lowest BCUT2D eigenvalue weighted by molar-refractivity contribution is -0.137. The van der Waals surface area contributed by atoms with Crippen LogP contribution in [0.3, 0.4) is 0 Å². The molecule has 3 aromatic rings. The quantitative estimate of drug-likeness (QED) is 0.541. The number of pyridine rings is 1. The van der Waals surface area contributed by atoms with Gasteiger partial charge in [-0.3, -0.25) is 9.78 Å². The fourth-order valence-electron chi connectivity index (χ4n) is 2.65. The fraction of sp³-hybridized carbons (Fsp3) is 0.100. The van der Waals surface area contributed by atoms with Crippen LogP contribution in [0, 0.1) is 6.92 Å². The molecule has 7 heteroatoms. The Labute approximate surface area is 162 Å². The summed E-state index contributed by atoms with van der Waals surface area (Å²) in [6.07, 6.45) is -3.65. The number of amides is 1. The highest BCUT2D eigenvalue weighted by Crippen LogP contribution is 2.34. The second-order valence-electron chi connectivity index (χ2n) is 5.87. The summed E-state index contributed by atoms with van der Waals surface area (Å²) >= 11 is 3.33. The molecule has 0 aliphatic carbocycles. The van der Waals surface area contributed by atoms with Crippen molar-refractivity contribution >= 4 is 27.5 Å². The lowest BCUT2D eigenvalue weighted by Gasteiger charge is -2.14. The monoisotopic (exact) mass is 434 g/mol. The number of hydrogen-bond donors (Lipinski definition) is 1. The summed E-state index contributed by atoms with van der Waals surface area (Å²) in [6, 6.07) is 14.9. The number of carbonyl (C=O) groups is 1. The van der Waals surface area contributed by atoms with Crippen LogP contribution in [0.1, 0.15) is 21.5 Å². The summed E-state index contributed by atoms with van der Waals surface area (Å²) in [5.74, 6) is -0.334. The molecule has 1 N–H and O–H groups in total. The molecule has 0 saturated carbocycles. The molecule has 27 heavy (non-hydrogen) atoms. The summed E-state index contributed by atoms with van der Waals surface area (Å²) < 4.78 is 39.3. The molecule has 2 aromatic carbocycles. The first-order valence-corrected chi connectivity index (χ1v) is 8.76. The van der Waals surface area contributed by atoms with Gasteiger partial charge < -0.3 is 5.32 Å². The zero-order valence-electron chi connectivity index (χ0n) is 14.1. The third-order valence-electron chi connectivity index (χ3n) is 3.95. The summed E-state index contributed by atoms with van der Waals surface area (Å²) in [4.78, 5) is 16.6. The number of anilines is 1. The number of carbonyl (C=O) groups excluding carboxylic acids is 1. The first-order chi connectivity index (χ1) is 12.8. The third kappa shape index (κ3) is 4.19. The first kappa shape index (κ1) is 19.1. The largest absolute Gasteiger partial charge is 0.417 e. The molecule has 1 heterocycles. The number of nitrogens with zero attached hydrogens (tertiary/aromatic N) is 1. The summed E-state index contributed by atoms with van der Waals surface area (Å²) in [5.41, 5.74) is 1.40. The van der Waals surface area contributed by atoms with Crippen LogP contribution in [0.25, 0.3) is 11.3 Å². The van der Waals surface area contributed by atoms with Gasteiger partial charge in [0.05, 0.1) is 22.5 Å². The normalized spacial score (nSPS) is 11.3. The Hall–Kier alpha value is -2.67. The van der Waals surface area contributed by atoms with Gasteiger partial charge in [-0.25, -0.2) is 0 Å². The molecule has 0 fully saturated rings.